The van der Waals surface area contributed by atoms with Crippen LogP contribution in [0.2, 0.25) is 0 Å². The fourth-order valence-electron chi connectivity index (χ4n) is 1.37. The molecule has 0 rings (SSSR count). The molecule has 4 nitrogen and oxygen atoms in total. The Bertz CT molecular complexity index is 181. The SMILES string of the molecule is CCOC(=O)CCCCCP(OCC)OCC. The highest BCUT2D eigenvalue weighted by atomic mass is 31.2. The number of hydrogen-bond donors (Lipinski definition) is 0. The van der Waals surface area contributed by atoms with Crippen molar-refractivity contribution in [2.45, 2.75) is 46.5 Å². The molecule has 0 aliphatic carbocycles. The summed E-state index contributed by atoms with van der Waals surface area (Å²) < 4.78 is 15.9. The fourth-order valence-corrected chi connectivity index (χ4v) is 2.77. The van der Waals surface area contributed by atoms with Crippen LogP contribution in [-0.4, -0.2) is 32.0 Å². The van der Waals surface area contributed by atoms with E-state index >= 15 is 0 Å². The van der Waals surface area contributed by atoms with E-state index in [4.69, 9.17) is 13.8 Å². The van der Waals surface area contributed by atoms with Gasteiger partial charge in [-0.15, -0.1) is 0 Å². The largest absolute Gasteiger partial charge is 0.466 e. The van der Waals surface area contributed by atoms with Crippen LogP contribution in [0.15, 0.2) is 0 Å². The third-order valence-electron chi connectivity index (χ3n) is 2.07. The summed E-state index contributed by atoms with van der Waals surface area (Å²) >= 11 is 0. The summed E-state index contributed by atoms with van der Waals surface area (Å²) in [5.74, 6) is -0.0932. The van der Waals surface area contributed by atoms with Crippen molar-refractivity contribution in [2.75, 3.05) is 26.0 Å². The number of hydrogen-bond acceptors (Lipinski definition) is 4. The smallest absolute Gasteiger partial charge is 0.305 e. The van der Waals surface area contributed by atoms with Gasteiger partial charge >= 0.3 is 5.97 Å². The van der Waals surface area contributed by atoms with E-state index in [0.29, 0.717) is 26.2 Å². The van der Waals surface area contributed by atoms with Crippen LogP contribution in [0.4, 0.5) is 0 Å². The lowest BCUT2D eigenvalue weighted by Gasteiger charge is -2.15. The van der Waals surface area contributed by atoms with Gasteiger partial charge in [0.25, 0.3) is 0 Å². The molecule has 0 aromatic heterocycles. The van der Waals surface area contributed by atoms with Crippen molar-refractivity contribution in [3.63, 3.8) is 0 Å². The van der Waals surface area contributed by atoms with Crippen LogP contribution in [0.5, 0.6) is 0 Å². The Balaban J connectivity index is 3.44. The van der Waals surface area contributed by atoms with Crippen molar-refractivity contribution >= 4 is 14.3 Å². The van der Waals surface area contributed by atoms with E-state index in [1.165, 1.54) is 0 Å². The van der Waals surface area contributed by atoms with Gasteiger partial charge in [-0.2, -0.15) is 0 Å². The second-order valence-electron chi connectivity index (χ2n) is 3.51. The van der Waals surface area contributed by atoms with Crippen molar-refractivity contribution in [3.05, 3.63) is 0 Å². The Hall–Kier alpha value is -0.180. The average Bonchev–Trinajstić information content (AvgIpc) is 2.29. The summed E-state index contributed by atoms with van der Waals surface area (Å²) in [5, 5.41) is 0. The number of ether oxygens (including phenoxy) is 1. The summed E-state index contributed by atoms with van der Waals surface area (Å²) in [4.78, 5) is 11.1. The maximum atomic E-state index is 11.1. The quantitative estimate of drug-likeness (QED) is 0.325. The van der Waals surface area contributed by atoms with E-state index in [9.17, 15) is 4.79 Å². The molecule has 0 fully saturated rings. The Kier molecular flexibility index (Phi) is 12.2. The number of carbonyl (C=O) groups excluding carboxylic acids is 1. The number of rotatable bonds is 11. The molecule has 0 aromatic carbocycles. The molecule has 0 unspecified atom stereocenters. The highest BCUT2D eigenvalue weighted by Gasteiger charge is 2.08. The van der Waals surface area contributed by atoms with Crippen molar-refractivity contribution in [1.82, 2.24) is 0 Å². The standard InChI is InChI=1S/C12H25O4P/c1-4-14-12(13)10-8-7-9-11-17(15-5-2)16-6-3/h4-11H2,1-3H3. The van der Waals surface area contributed by atoms with Crippen LogP contribution in [0.1, 0.15) is 46.5 Å². The first kappa shape index (κ1) is 16.8. The molecule has 0 saturated carbocycles. The summed E-state index contributed by atoms with van der Waals surface area (Å²) in [5.41, 5.74) is 0. The minimum atomic E-state index is -0.716. The molecule has 17 heavy (non-hydrogen) atoms. The third-order valence-corrected chi connectivity index (χ3v) is 3.85. The van der Waals surface area contributed by atoms with Gasteiger partial charge in [-0.25, -0.2) is 0 Å². The minimum Gasteiger partial charge on any atom is -0.466 e. The molecule has 0 heterocycles. The van der Waals surface area contributed by atoms with Gasteiger partial charge in [-0.3, -0.25) is 4.79 Å². The molecule has 0 aliphatic rings. The van der Waals surface area contributed by atoms with Gasteiger partial charge in [0.2, 0.25) is 0 Å². The van der Waals surface area contributed by atoms with Crippen molar-refractivity contribution < 1.29 is 18.6 Å². The zero-order valence-corrected chi connectivity index (χ0v) is 12.1. The Morgan fingerprint density at radius 2 is 1.59 bits per heavy atom. The molecular weight excluding hydrogens is 239 g/mol. The van der Waals surface area contributed by atoms with Gasteiger partial charge in [0.05, 0.1) is 19.8 Å². The second-order valence-corrected chi connectivity index (χ2v) is 5.14. The summed E-state index contributed by atoms with van der Waals surface area (Å²) in [7, 11) is -0.716. The molecule has 0 aliphatic heterocycles. The summed E-state index contributed by atoms with van der Waals surface area (Å²) in [6, 6.07) is 0. The second kappa shape index (κ2) is 12.3. The third kappa shape index (κ3) is 10.7. The molecule has 0 radical (unpaired) electrons. The van der Waals surface area contributed by atoms with E-state index in [1.807, 2.05) is 20.8 Å². The van der Waals surface area contributed by atoms with Gasteiger partial charge in [0, 0.05) is 12.6 Å². The van der Waals surface area contributed by atoms with Gasteiger partial charge in [-0.05, 0) is 33.6 Å². The molecule has 0 spiro atoms. The Morgan fingerprint density at radius 3 is 2.12 bits per heavy atom. The maximum Gasteiger partial charge on any atom is 0.305 e. The molecule has 5 heteroatoms. The van der Waals surface area contributed by atoms with E-state index in [1.54, 1.807) is 0 Å². The predicted octanol–water partition coefficient (Wildman–Crippen LogP) is 3.49. The van der Waals surface area contributed by atoms with Gasteiger partial charge in [0.15, 0.2) is 8.38 Å². The molecule has 0 aromatic rings. The minimum absolute atomic E-state index is 0.0932. The number of esters is 1. The zero-order chi connectivity index (χ0) is 12.9. The summed E-state index contributed by atoms with van der Waals surface area (Å²) in [6.07, 6.45) is 4.44. The highest BCUT2D eigenvalue weighted by molar-refractivity contribution is 7.47. The average molecular weight is 264 g/mol. The molecule has 0 amide bonds. The van der Waals surface area contributed by atoms with E-state index < -0.39 is 8.38 Å². The summed E-state index contributed by atoms with van der Waals surface area (Å²) in [6.45, 7) is 7.67. The Labute approximate surface area is 106 Å². The topological polar surface area (TPSA) is 44.8 Å². The first-order valence-corrected chi connectivity index (χ1v) is 7.79. The van der Waals surface area contributed by atoms with E-state index in [2.05, 4.69) is 0 Å². The molecule has 0 N–H and O–H groups in total. The zero-order valence-electron chi connectivity index (χ0n) is 11.2. The first-order valence-electron chi connectivity index (χ1n) is 6.43. The van der Waals surface area contributed by atoms with Crippen molar-refractivity contribution in [3.8, 4) is 0 Å². The van der Waals surface area contributed by atoms with Gasteiger partial charge < -0.3 is 13.8 Å². The lowest BCUT2D eigenvalue weighted by atomic mass is 10.2. The van der Waals surface area contributed by atoms with Crippen LogP contribution < -0.4 is 0 Å². The normalized spacial score (nSPS) is 10.8. The van der Waals surface area contributed by atoms with Crippen molar-refractivity contribution in [1.29, 1.82) is 0 Å². The highest BCUT2D eigenvalue weighted by Crippen LogP contribution is 2.38. The molecule has 0 atom stereocenters. The van der Waals surface area contributed by atoms with Crippen LogP contribution in [0.3, 0.4) is 0 Å². The van der Waals surface area contributed by atoms with Crippen LogP contribution in [-0.2, 0) is 18.6 Å². The molecule has 0 bridgehead atoms. The first-order chi connectivity index (χ1) is 8.24. The van der Waals surface area contributed by atoms with E-state index in [0.717, 1.165) is 25.4 Å². The monoisotopic (exact) mass is 264 g/mol. The van der Waals surface area contributed by atoms with Crippen LogP contribution >= 0.6 is 8.38 Å². The van der Waals surface area contributed by atoms with Crippen molar-refractivity contribution in [2.24, 2.45) is 0 Å². The molecular formula is C12H25O4P. The maximum absolute atomic E-state index is 11.1. The van der Waals surface area contributed by atoms with Gasteiger partial charge in [-0.1, -0.05) is 6.42 Å². The molecule has 0 saturated heterocycles. The lowest BCUT2D eigenvalue weighted by Crippen LogP contribution is -2.03. The number of carbonyl (C=O) groups is 1. The lowest BCUT2D eigenvalue weighted by molar-refractivity contribution is -0.143. The van der Waals surface area contributed by atoms with Crippen LogP contribution in [0.25, 0.3) is 0 Å². The molecule has 102 valence electrons. The Morgan fingerprint density at radius 1 is 0.941 bits per heavy atom. The van der Waals surface area contributed by atoms with Gasteiger partial charge in [0.1, 0.15) is 0 Å². The van der Waals surface area contributed by atoms with E-state index in [-0.39, 0.29) is 5.97 Å². The van der Waals surface area contributed by atoms with Crippen LogP contribution in [0, 0.1) is 0 Å². The fraction of sp³-hybridized carbons (Fsp3) is 0.917. The number of unbranched alkanes of at least 4 members (excludes halogenated alkanes) is 2. The predicted molar refractivity (Wildman–Crippen MR) is 70.1 cm³/mol.